The molecule has 0 spiro atoms. The summed E-state index contributed by atoms with van der Waals surface area (Å²) in [5, 5.41) is 11.0. The molecule has 5 heteroatoms. The second kappa shape index (κ2) is 2.50. The molecule has 1 fully saturated rings. The fourth-order valence-corrected chi connectivity index (χ4v) is 1.00. The van der Waals surface area contributed by atoms with Crippen LogP contribution in [0.3, 0.4) is 0 Å². The third kappa shape index (κ3) is 1.07. The topological polar surface area (TPSA) is 75.6 Å². The van der Waals surface area contributed by atoms with Crippen molar-refractivity contribution in [1.82, 2.24) is 5.32 Å². The lowest BCUT2D eigenvalue weighted by molar-refractivity contribution is -0.161. The van der Waals surface area contributed by atoms with Gasteiger partial charge in [-0.25, -0.2) is 4.79 Å². The summed E-state index contributed by atoms with van der Waals surface area (Å²) in [7, 11) is 1.21. The van der Waals surface area contributed by atoms with E-state index in [2.05, 4.69) is 10.1 Å². The van der Waals surface area contributed by atoms with Crippen molar-refractivity contribution >= 4 is 11.9 Å². The minimum absolute atomic E-state index is 0.0101. The molecule has 0 saturated carbocycles. The fraction of sp³-hybridized carbons (Fsp3) is 0.667. The number of hydrogen-bond donors (Lipinski definition) is 2. The molecule has 1 atom stereocenters. The number of carbonyl (C=O) groups is 2. The van der Waals surface area contributed by atoms with Crippen LogP contribution in [0.25, 0.3) is 0 Å². The first-order chi connectivity index (χ1) is 5.14. The molecule has 1 amide bonds. The van der Waals surface area contributed by atoms with Crippen molar-refractivity contribution in [3.63, 3.8) is 0 Å². The van der Waals surface area contributed by atoms with Gasteiger partial charge in [-0.2, -0.15) is 0 Å². The maximum absolute atomic E-state index is 10.9. The summed E-state index contributed by atoms with van der Waals surface area (Å²) < 4.78 is 4.38. The second-order valence-corrected chi connectivity index (χ2v) is 2.46. The minimum Gasteiger partial charge on any atom is -0.467 e. The third-order valence-electron chi connectivity index (χ3n) is 1.69. The van der Waals surface area contributed by atoms with Crippen LogP contribution in [-0.2, 0) is 14.3 Å². The van der Waals surface area contributed by atoms with Gasteiger partial charge in [0.25, 0.3) is 0 Å². The van der Waals surface area contributed by atoms with Gasteiger partial charge in [0.1, 0.15) is 0 Å². The van der Waals surface area contributed by atoms with Gasteiger partial charge in [-0.1, -0.05) is 0 Å². The SMILES string of the molecule is COC(=O)C1(CO)CC(=O)N1. The zero-order chi connectivity index (χ0) is 8.48. The Bertz CT molecular complexity index is 193. The number of methoxy groups -OCH3 is 1. The molecule has 0 aromatic carbocycles. The van der Waals surface area contributed by atoms with Crippen LogP contribution >= 0.6 is 0 Å². The fourth-order valence-electron chi connectivity index (χ4n) is 1.00. The number of β-lactam (4-membered cyclic amide) rings is 1. The van der Waals surface area contributed by atoms with E-state index < -0.39 is 18.1 Å². The number of ether oxygens (including phenoxy) is 1. The van der Waals surface area contributed by atoms with Crippen LogP contribution in [0.2, 0.25) is 0 Å². The Morgan fingerprint density at radius 2 is 2.45 bits per heavy atom. The summed E-state index contributed by atoms with van der Waals surface area (Å²) >= 11 is 0. The van der Waals surface area contributed by atoms with Crippen LogP contribution in [0.5, 0.6) is 0 Å². The van der Waals surface area contributed by atoms with E-state index in [1.807, 2.05) is 0 Å². The molecular formula is C6H9NO4. The highest BCUT2D eigenvalue weighted by Gasteiger charge is 2.50. The summed E-state index contributed by atoms with van der Waals surface area (Å²) in [5.74, 6) is -0.843. The molecule has 1 saturated heterocycles. The molecule has 1 heterocycles. The van der Waals surface area contributed by atoms with Crippen LogP contribution in [0.1, 0.15) is 6.42 Å². The van der Waals surface area contributed by atoms with Gasteiger partial charge in [-0.15, -0.1) is 0 Å². The van der Waals surface area contributed by atoms with Crippen LogP contribution in [-0.4, -0.2) is 36.2 Å². The molecule has 0 aliphatic carbocycles. The standard InChI is InChI=1S/C6H9NO4/c1-11-5(10)6(3-8)2-4(9)7-6/h8H,2-3H2,1H3,(H,7,9). The third-order valence-corrected chi connectivity index (χ3v) is 1.69. The first-order valence-electron chi connectivity index (χ1n) is 3.15. The lowest BCUT2D eigenvalue weighted by Crippen LogP contribution is -2.68. The van der Waals surface area contributed by atoms with E-state index in [1.165, 1.54) is 7.11 Å². The smallest absolute Gasteiger partial charge is 0.334 e. The molecule has 1 rings (SSSR count). The summed E-state index contributed by atoms with van der Waals surface area (Å²) in [6.45, 7) is -0.411. The summed E-state index contributed by atoms with van der Waals surface area (Å²) in [6, 6.07) is 0. The van der Waals surface area contributed by atoms with Gasteiger partial charge in [-0.05, 0) is 0 Å². The van der Waals surface area contributed by atoms with E-state index in [-0.39, 0.29) is 12.3 Å². The van der Waals surface area contributed by atoms with E-state index >= 15 is 0 Å². The van der Waals surface area contributed by atoms with E-state index in [0.29, 0.717) is 0 Å². The number of rotatable bonds is 2. The highest BCUT2D eigenvalue weighted by atomic mass is 16.5. The zero-order valence-corrected chi connectivity index (χ0v) is 6.09. The summed E-state index contributed by atoms with van der Waals surface area (Å²) in [4.78, 5) is 21.4. The molecule has 62 valence electrons. The Kier molecular flexibility index (Phi) is 1.82. The zero-order valence-electron chi connectivity index (χ0n) is 6.09. The molecular weight excluding hydrogens is 150 g/mol. The quantitative estimate of drug-likeness (QED) is 0.376. The number of amides is 1. The van der Waals surface area contributed by atoms with Crippen molar-refractivity contribution in [2.75, 3.05) is 13.7 Å². The number of esters is 1. The molecule has 0 bridgehead atoms. The van der Waals surface area contributed by atoms with E-state index in [4.69, 9.17) is 5.11 Å². The lowest BCUT2D eigenvalue weighted by Gasteiger charge is -2.37. The molecule has 1 aliphatic rings. The molecule has 5 nitrogen and oxygen atoms in total. The second-order valence-electron chi connectivity index (χ2n) is 2.46. The van der Waals surface area contributed by atoms with Crippen LogP contribution in [0, 0.1) is 0 Å². The van der Waals surface area contributed by atoms with Crippen molar-refractivity contribution in [2.24, 2.45) is 0 Å². The van der Waals surface area contributed by atoms with E-state index in [1.54, 1.807) is 0 Å². The Morgan fingerprint density at radius 3 is 2.73 bits per heavy atom. The Labute approximate surface area is 63.3 Å². The van der Waals surface area contributed by atoms with Crippen LogP contribution in [0.15, 0.2) is 0 Å². The molecule has 0 aromatic rings. The Balaban J connectivity index is 2.64. The highest BCUT2D eigenvalue weighted by molar-refractivity contribution is 5.99. The first-order valence-corrected chi connectivity index (χ1v) is 3.15. The normalized spacial score (nSPS) is 28.7. The molecule has 1 aliphatic heterocycles. The Morgan fingerprint density at radius 1 is 1.91 bits per heavy atom. The first kappa shape index (κ1) is 8.00. The van der Waals surface area contributed by atoms with Crippen molar-refractivity contribution < 1.29 is 19.4 Å². The minimum atomic E-state index is -1.16. The highest BCUT2D eigenvalue weighted by Crippen LogP contribution is 2.20. The van der Waals surface area contributed by atoms with Gasteiger partial charge < -0.3 is 15.2 Å². The summed E-state index contributed by atoms with van der Waals surface area (Å²) in [6.07, 6.45) is 0.0101. The monoisotopic (exact) mass is 159 g/mol. The molecule has 0 aromatic heterocycles. The van der Waals surface area contributed by atoms with Crippen molar-refractivity contribution in [2.45, 2.75) is 12.0 Å². The van der Waals surface area contributed by atoms with Gasteiger partial charge in [0.05, 0.1) is 20.1 Å². The van der Waals surface area contributed by atoms with Gasteiger partial charge in [0.15, 0.2) is 5.54 Å². The average molecular weight is 159 g/mol. The van der Waals surface area contributed by atoms with Gasteiger partial charge >= 0.3 is 5.97 Å². The van der Waals surface area contributed by atoms with Crippen molar-refractivity contribution in [1.29, 1.82) is 0 Å². The molecule has 11 heavy (non-hydrogen) atoms. The van der Waals surface area contributed by atoms with Gasteiger partial charge in [-0.3, -0.25) is 4.79 Å². The predicted octanol–water partition coefficient (Wildman–Crippen LogP) is -1.59. The van der Waals surface area contributed by atoms with Crippen LogP contribution in [0.4, 0.5) is 0 Å². The van der Waals surface area contributed by atoms with Crippen molar-refractivity contribution in [3.05, 3.63) is 0 Å². The van der Waals surface area contributed by atoms with E-state index in [9.17, 15) is 9.59 Å². The Hall–Kier alpha value is -1.10. The maximum Gasteiger partial charge on any atom is 0.334 e. The van der Waals surface area contributed by atoms with Gasteiger partial charge in [0, 0.05) is 0 Å². The predicted molar refractivity (Wildman–Crippen MR) is 34.6 cm³/mol. The number of nitrogens with one attached hydrogen (secondary N) is 1. The lowest BCUT2D eigenvalue weighted by atomic mass is 9.88. The molecule has 2 N–H and O–H groups in total. The van der Waals surface area contributed by atoms with E-state index in [0.717, 1.165) is 0 Å². The number of carbonyl (C=O) groups excluding carboxylic acids is 2. The van der Waals surface area contributed by atoms with Crippen LogP contribution < -0.4 is 5.32 Å². The number of aliphatic hydroxyl groups excluding tert-OH is 1. The summed E-state index contributed by atoms with van der Waals surface area (Å²) in [5.41, 5.74) is -1.16. The van der Waals surface area contributed by atoms with Crippen molar-refractivity contribution in [3.8, 4) is 0 Å². The number of aliphatic hydroxyl groups is 1. The number of hydrogen-bond acceptors (Lipinski definition) is 4. The average Bonchev–Trinajstić information content (AvgIpc) is 1.96. The maximum atomic E-state index is 10.9. The largest absolute Gasteiger partial charge is 0.467 e. The van der Waals surface area contributed by atoms with Gasteiger partial charge in [0.2, 0.25) is 5.91 Å². The molecule has 1 unspecified atom stereocenters. The molecule has 0 radical (unpaired) electrons.